The van der Waals surface area contributed by atoms with Crippen LogP contribution in [0.5, 0.6) is 0 Å². The number of hydrogen-bond acceptors (Lipinski definition) is 5. The van der Waals surface area contributed by atoms with Crippen LogP contribution in [-0.2, 0) is 29.0 Å². The monoisotopic (exact) mass is 490 g/mol. The highest BCUT2D eigenvalue weighted by Crippen LogP contribution is 2.17. The average Bonchev–Trinajstić information content (AvgIpc) is 2.84. The van der Waals surface area contributed by atoms with E-state index in [-0.39, 0.29) is 11.5 Å². The van der Waals surface area contributed by atoms with E-state index in [9.17, 15) is 24.3 Å². The van der Waals surface area contributed by atoms with Gasteiger partial charge in [-0.2, -0.15) is 0 Å². The molecule has 8 nitrogen and oxygen atoms in total. The van der Waals surface area contributed by atoms with E-state index in [1.807, 2.05) is 44.2 Å². The number of carbonyl (C=O) groups is 2. The van der Waals surface area contributed by atoms with Gasteiger partial charge in [0, 0.05) is 35.9 Å². The Kier molecular flexibility index (Phi) is 8.78. The molecule has 0 bridgehead atoms. The number of H-pyrrole nitrogens is 1. The number of aliphatic carboxylic acids is 1. The summed E-state index contributed by atoms with van der Waals surface area (Å²) >= 11 is 0. The van der Waals surface area contributed by atoms with Gasteiger partial charge in [-0.25, -0.2) is 9.59 Å². The Bertz CT molecular complexity index is 1370. The molecule has 0 amide bonds. The number of ketones is 1. The maximum Gasteiger partial charge on any atom is 0.376 e. The molecule has 36 heavy (non-hydrogen) atoms. The second-order valence-electron chi connectivity index (χ2n) is 8.95. The van der Waals surface area contributed by atoms with E-state index in [2.05, 4.69) is 4.98 Å². The quantitative estimate of drug-likeness (QED) is 0.162. The van der Waals surface area contributed by atoms with Crippen molar-refractivity contribution < 1.29 is 19.8 Å². The molecule has 0 saturated carbocycles. The summed E-state index contributed by atoms with van der Waals surface area (Å²) in [6, 6.07) is 16.5. The molecule has 0 aliphatic rings. The number of carboxylic acids is 1. The molecular formula is C28H30N2O6. The van der Waals surface area contributed by atoms with Crippen LogP contribution in [-0.4, -0.2) is 31.5 Å². The first-order chi connectivity index (χ1) is 17.2. The van der Waals surface area contributed by atoms with Crippen molar-refractivity contribution in [1.29, 1.82) is 0 Å². The number of nitrogens with one attached hydrogen (secondary N) is 1. The Balaban J connectivity index is 1.65. The summed E-state index contributed by atoms with van der Waals surface area (Å²) in [5.41, 5.74) is 2.96. The van der Waals surface area contributed by atoms with Gasteiger partial charge in [0.2, 0.25) is 0 Å². The summed E-state index contributed by atoms with van der Waals surface area (Å²) in [5, 5.41) is 18.5. The number of aromatic nitrogens is 2. The molecule has 3 rings (SSSR count). The van der Waals surface area contributed by atoms with Crippen molar-refractivity contribution in [3.8, 4) is 0 Å². The lowest BCUT2D eigenvalue weighted by Crippen LogP contribution is -2.39. The maximum absolute atomic E-state index is 13.2. The number of nitrogens with zero attached hydrogens (tertiary/aromatic N) is 1. The standard InChI is InChI=1S/C28H30N2O6/c1-18(2)25-22(16-20-9-4-3-5-10-20)29-28(36)30(26(25)33)15-7-6-8-19-11-13-21(14-12-19)23(31)17-24(32)27(34)35/h3-5,9-14,17-18,31H,6-8,15-16H2,1-2H3,(H,29,36)(H,34,35)/b23-17-. The molecule has 0 atom stereocenters. The fraction of sp³-hybridized carbons (Fsp3) is 0.286. The van der Waals surface area contributed by atoms with Crippen LogP contribution in [0.1, 0.15) is 60.6 Å². The average molecular weight is 491 g/mol. The summed E-state index contributed by atoms with van der Waals surface area (Å²) in [4.78, 5) is 50.6. The zero-order valence-corrected chi connectivity index (χ0v) is 20.4. The number of hydrogen-bond donors (Lipinski definition) is 3. The molecule has 0 aliphatic carbocycles. The molecule has 0 saturated heterocycles. The summed E-state index contributed by atoms with van der Waals surface area (Å²) in [6.07, 6.45) is 3.20. The Morgan fingerprint density at radius 3 is 2.22 bits per heavy atom. The minimum Gasteiger partial charge on any atom is -0.507 e. The van der Waals surface area contributed by atoms with Crippen molar-refractivity contribution in [3.63, 3.8) is 0 Å². The van der Waals surface area contributed by atoms with Crippen LogP contribution in [0.15, 0.2) is 70.3 Å². The van der Waals surface area contributed by atoms with Gasteiger partial charge in [0.05, 0.1) is 0 Å². The van der Waals surface area contributed by atoms with Crippen molar-refractivity contribution in [2.45, 2.75) is 52.0 Å². The van der Waals surface area contributed by atoms with E-state index in [1.165, 1.54) is 4.57 Å². The Morgan fingerprint density at radius 1 is 0.944 bits per heavy atom. The number of aryl methyl sites for hydroxylation is 1. The molecule has 1 heterocycles. The van der Waals surface area contributed by atoms with E-state index in [0.717, 1.165) is 17.5 Å². The van der Waals surface area contributed by atoms with E-state index in [1.54, 1.807) is 24.3 Å². The Labute approximate surface area is 208 Å². The fourth-order valence-electron chi connectivity index (χ4n) is 4.08. The second-order valence-corrected chi connectivity index (χ2v) is 8.95. The van der Waals surface area contributed by atoms with E-state index >= 15 is 0 Å². The first-order valence-electron chi connectivity index (χ1n) is 11.8. The van der Waals surface area contributed by atoms with Gasteiger partial charge in [-0.15, -0.1) is 0 Å². The molecule has 8 heteroatoms. The smallest absolute Gasteiger partial charge is 0.376 e. The van der Waals surface area contributed by atoms with Gasteiger partial charge in [0.25, 0.3) is 11.3 Å². The third-order valence-corrected chi connectivity index (χ3v) is 5.93. The maximum atomic E-state index is 13.2. The first-order valence-corrected chi connectivity index (χ1v) is 11.8. The van der Waals surface area contributed by atoms with Crippen LogP contribution < -0.4 is 11.2 Å². The van der Waals surface area contributed by atoms with Crippen molar-refractivity contribution in [3.05, 3.63) is 109 Å². The van der Waals surface area contributed by atoms with E-state index in [0.29, 0.717) is 48.7 Å². The van der Waals surface area contributed by atoms with Gasteiger partial charge < -0.3 is 15.2 Å². The molecule has 3 N–H and O–H groups in total. The zero-order valence-electron chi connectivity index (χ0n) is 20.4. The first kappa shape index (κ1) is 26.4. The third-order valence-electron chi connectivity index (χ3n) is 5.93. The molecule has 0 radical (unpaired) electrons. The number of benzene rings is 2. The second kappa shape index (κ2) is 12.0. The van der Waals surface area contributed by atoms with Gasteiger partial charge in [-0.1, -0.05) is 68.4 Å². The highest BCUT2D eigenvalue weighted by atomic mass is 16.4. The van der Waals surface area contributed by atoms with Crippen LogP contribution in [0.2, 0.25) is 0 Å². The molecule has 0 aliphatic heterocycles. The SMILES string of the molecule is CC(C)c1c(Cc2ccccc2)[nH]c(=O)n(CCCCc2ccc(/C(O)=C/C(=O)C(=O)O)cc2)c1=O. The van der Waals surface area contributed by atoms with Gasteiger partial charge in [0.15, 0.2) is 0 Å². The lowest BCUT2D eigenvalue weighted by Gasteiger charge is -2.15. The summed E-state index contributed by atoms with van der Waals surface area (Å²) < 4.78 is 1.27. The van der Waals surface area contributed by atoms with Crippen LogP contribution in [0.25, 0.3) is 5.76 Å². The highest BCUT2D eigenvalue weighted by Gasteiger charge is 2.17. The van der Waals surface area contributed by atoms with E-state index in [4.69, 9.17) is 5.11 Å². The minimum atomic E-state index is -1.64. The zero-order chi connectivity index (χ0) is 26.2. The predicted octanol–water partition coefficient (Wildman–Crippen LogP) is 3.83. The van der Waals surface area contributed by atoms with Crippen molar-refractivity contribution in [1.82, 2.24) is 9.55 Å². The molecule has 1 aromatic heterocycles. The number of aliphatic hydroxyl groups excluding tert-OH is 1. The molecular weight excluding hydrogens is 460 g/mol. The number of carbonyl (C=O) groups excluding carboxylic acids is 1. The predicted molar refractivity (Wildman–Crippen MR) is 137 cm³/mol. The van der Waals surface area contributed by atoms with Crippen molar-refractivity contribution >= 4 is 17.5 Å². The molecule has 0 unspecified atom stereocenters. The van der Waals surface area contributed by atoms with Crippen LogP contribution >= 0.6 is 0 Å². The van der Waals surface area contributed by atoms with Crippen LogP contribution in [0.3, 0.4) is 0 Å². The largest absolute Gasteiger partial charge is 0.507 e. The number of carboxylic acid groups (broad SMARTS) is 1. The topological polar surface area (TPSA) is 129 Å². The molecule has 188 valence electrons. The summed E-state index contributed by atoms with van der Waals surface area (Å²) in [7, 11) is 0. The van der Waals surface area contributed by atoms with Gasteiger partial charge >= 0.3 is 11.7 Å². The Hall–Kier alpha value is -4.20. The molecule has 0 spiro atoms. The lowest BCUT2D eigenvalue weighted by molar-refractivity contribution is -0.146. The van der Waals surface area contributed by atoms with Gasteiger partial charge in [-0.05, 0) is 36.3 Å². The fourth-order valence-corrected chi connectivity index (χ4v) is 4.08. The normalized spacial score (nSPS) is 11.6. The molecule has 3 aromatic rings. The van der Waals surface area contributed by atoms with Crippen molar-refractivity contribution in [2.75, 3.05) is 0 Å². The van der Waals surface area contributed by atoms with Crippen LogP contribution in [0, 0.1) is 0 Å². The third kappa shape index (κ3) is 6.69. The number of aliphatic hydroxyl groups is 1. The number of aromatic amines is 1. The summed E-state index contributed by atoms with van der Waals surface area (Å²) in [5.74, 6) is -3.28. The van der Waals surface area contributed by atoms with Gasteiger partial charge in [-0.3, -0.25) is 14.2 Å². The molecule has 0 fully saturated rings. The summed E-state index contributed by atoms with van der Waals surface area (Å²) in [6.45, 7) is 4.20. The minimum absolute atomic E-state index is 0.0333. The lowest BCUT2D eigenvalue weighted by atomic mass is 9.98. The number of unbranched alkanes of at least 4 members (excludes halogenated alkanes) is 1. The van der Waals surface area contributed by atoms with Crippen molar-refractivity contribution in [2.24, 2.45) is 0 Å². The van der Waals surface area contributed by atoms with Crippen LogP contribution in [0.4, 0.5) is 0 Å². The highest BCUT2D eigenvalue weighted by molar-refractivity contribution is 6.38. The molecule has 2 aromatic carbocycles. The van der Waals surface area contributed by atoms with E-state index < -0.39 is 23.2 Å². The Morgan fingerprint density at radius 2 is 1.61 bits per heavy atom. The number of rotatable bonds is 11. The van der Waals surface area contributed by atoms with Gasteiger partial charge in [0.1, 0.15) is 5.76 Å².